The van der Waals surface area contributed by atoms with Crippen LogP contribution in [0, 0.1) is 17.2 Å². The largest absolute Gasteiger partial charge is 0.320 e. The molecule has 0 saturated heterocycles. The second kappa shape index (κ2) is 8.39. The molecule has 2 rings (SSSR count). The van der Waals surface area contributed by atoms with E-state index in [2.05, 4.69) is 24.4 Å². The molecule has 3 heteroatoms. The number of fused-ring (bicyclic) bond motifs is 1. The summed E-state index contributed by atoms with van der Waals surface area (Å²) in [7, 11) is 1.96. The van der Waals surface area contributed by atoms with Crippen molar-refractivity contribution in [2.75, 3.05) is 13.6 Å². The fourth-order valence-corrected chi connectivity index (χ4v) is 1.50. The zero-order valence-corrected chi connectivity index (χ0v) is 12.7. The van der Waals surface area contributed by atoms with Gasteiger partial charge in [0, 0.05) is 27.1 Å². The smallest absolute Gasteiger partial charge is 0.0265 e. The third kappa shape index (κ3) is 4.00. The van der Waals surface area contributed by atoms with Gasteiger partial charge in [-0.25, -0.2) is 5.26 Å². The normalized spacial score (nSPS) is 10.9. The van der Waals surface area contributed by atoms with E-state index in [1.54, 1.807) is 0 Å². The van der Waals surface area contributed by atoms with Gasteiger partial charge in [0.25, 0.3) is 0 Å². The molecule has 0 aromatic heterocycles. The molecule has 0 amide bonds. The second-order valence-corrected chi connectivity index (χ2v) is 3.53. The van der Waals surface area contributed by atoms with Gasteiger partial charge in [-0.2, -0.15) is 17.2 Å². The van der Waals surface area contributed by atoms with E-state index in [1.165, 1.54) is 12.0 Å². The molecule has 0 aliphatic heterocycles. The van der Waals surface area contributed by atoms with Crippen molar-refractivity contribution in [3.05, 3.63) is 41.3 Å². The molecule has 0 spiro atoms. The van der Waals surface area contributed by atoms with Crippen LogP contribution in [0.1, 0.15) is 24.5 Å². The van der Waals surface area contributed by atoms with E-state index in [0.717, 1.165) is 24.4 Å². The average Bonchev–Trinajstić information content (AvgIpc) is 2.23. The van der Waals surface area contributed by atoms with Crippen molar-refractivity contribution in [3.63, 3.8) is 0 Å². The Morgan fingerprint density at radius 1 is 1.44 bits per heavy atom. The van der Waals surface area contributed by atoms with Crippen molar-refractivity contribution in [1.29, 1.82) is 5.26 Å². The summed E-state index contributed by atoms with van der Waals surface area (Å²) in [6.07, 6.45) is 2.10. The molecule has 0 atom stereocenters. The van der Waals surface area contributed by atoms with E-state index in [1.807, 2.05) is 25.2 Å². The summed E-state index contributed by atoms with van der Waals surface area (Å²) in [5.74, 6) is 0.926. The average molecular weight is 385 g/mol. The Labute approximate surface area is 112 Å². The number of nitrogens with zero attached hydrogens (tertiary/aromatic N) is 1. The molecule has 0 unspecified atom stereocenters. The van der Waals surface area contributed by atoms with Crippen molar-refractivity contribution < 1.29 is 21.1 Å². The Morgan fingerprint density at radius 3 is 2.56 bits per heavy atom. The zero-order valence-electron chi connectivity index (χ0n) is 9.79. The predicted molar refractivity (Wildman–Crippen MR) is 62.3 cm³/mol. The van der Waals surface area contributed by atoms with Crippen molar-refractivity contribution >= 4 is 0 Å². The van der Waals surface area contributed by atoms with Gasteiger partial charge in [-0.1, -0.05) is 25.3 Å². The second-order valence-electron chi connectivity index (χ2n) is 3.53. The van der Waals surface area contributed by atoms with E-state index in [4.69, 9.17) is 5.26 Å². The summed E-state index contributed by atoms with van der Waals surface area (Å²) >= 11 is 0. The number of rotatable bonds is 2. The number of hydrogen-bond acceptors (Lipinski definition) is 2. The zero-order chi connectivity index (χ0) is 11.1. The molecule has 2 nitrogen and oxygen atoms in total. The summed E-state index contributed by atoms with van der Waals surface area (Å²) in [6, 6.07) is 10.2. The molecule has 1 aromatic rings. The molecule has 0 heterocycles. The van der Waals surface area contributed by atoms with Gasteiger partial charge in [0.2, 0.25) is 0 Å². The third-order valence-electron chi connectivity index (χ3n) is 2.34. The number of nitriles is 1. The Kier molecular flexibility index (Phi) is 7.98. The SMILES string of the molecule is CCCNC.N#C[C-]1Cc2ccccc21.[W]. The van der Waals surface area contributed by atoms with E-state index in [0.29, 0.717) is 0 Å². The van der Waals surface area contributed by atoms with E-state index < -0.39 is 0 Å². The van der Waals surface area contributed by atoms with Crippen LogP contribution in [-0.4, -0.2) is 13.6 Å². The summed E-state index contributed by atoms with van der Waals surface area (Å²) in [4.78, 5) is 0. The molecule has 16 heavy (non-hydrogen) atoms. The molecule has 1 aromatic carbocycles. The first kappa shape index (κ1) is 15.2. The summed E-state index contributed by atoms with van der Waals surface area (Å²) in [5, 5.41) is 11.6. The van der Waals surface area contributed by atoms with Gasteiger partial charge in [-0.15, -0.1) is 12.1 Å². The van der Waals surface area contributed by atoms with Crippen LogP contribution >= 0.6 is 0 Å². The Hall–Kier alpha value is -0.772. The third-order valence-corrected chi connectivity index (χ3v) is 2.34. The Morgan fingerprint density at radius 2 is 2.12 bits per heavy atom. The summed E-state index contributed by atoms with van der Waals surface area (Å²) < 4.78 is 0. The molecule has 0 radical (unpaired) electrons. The molecule has 1 aliphatic carbocycles. The number of benzene rings is 1. The minimum absolute atomic E-state index is 0. The summed E-state index contributed by atoms with van der Waals surface area (Å²) in [6.45, 7) is 3.29. The monoisotopic (exact) mass is 385 g/mol. The van der Waals surface area contributed by atoms with Crippen LogP contribution in [0.15, 0.2) is 24.3 Å². The van der Waals surface area contributed by atoms with Gasteiger partial charge in [0.15, 0.2) is 0 Å². The summed E-state index contributed by atoms with van der Waals surface area (Å²) in [5.41, 5.74) is 2.45. The number of hydrogen-bond donors (Lipinski definition) is 1. The topological polar surface area (TPSA) is 35.8 Å². The van der Waals surface area contributed by atoms with E-state index >= 15 is 0 Å². The van der Waals surface area contributed by atoms with Gasteiger partial charge in [0.1, 0.15) is 0 Å². The van der Waals surface area contributed by atoms with E-state index in [-0.39, 0.29) is 21.1 Å². The quantitative estimate of drug-likeness (QED) is 0.794. The molecular formula is C13H17N2W-. The van der Waals surface area contributed by atoms with Gasteiger partial charge < -0.3 is 5.32 Å². The first-order valence-corrected chi connectivity index (χ1v) is 5.32. The Balaban J connectivity index is 0.000000330. The molecular weight excluding hydrogens is 368 g/mol. The molecule has 0 saturated carbocycles. The standard InChI is InChI=1S/C9H6N.C4H11N.W/c10-6-8-5-7-3-1-2-4-9(7)8;1-3-4-5-2;/h1-4H,5H2;5H,3-4H2,1-2H3;/q-1;;. The van der Waals surface area contributed by atoms with Gasteiger partial charge in [-0.3, -0.25) is 0 Å². The van der Waals surface area contributed by atoms with Gasteiger partial charge >= 0.3 is 0 Å². The van der Waals surface area contributed by atoms with E-state index in [9.17, 15) is 0 Å². The number of nitrogens with one attached hydrogen (secondary N) is 1. The maximum absolute atomic E-state index is 8.55. The van der Waals surface area contributed by atoms with Crippen LogP contribution < -0.4 is 5.32 Å². The van der Waals surface area contributed by atoms with Crippen LogP contribution in [0.2, 0.25) is 0 Å². The van der Waals surface area contributed by atoms with Gasteiger partial charge in [-0.05, 0) is 20.0 Å². The van der Waals surface area contributed by atoms with Crippen LogP contribution in [0.5, 0.6) is 0 Å². The van der Waals surface area contributed by atoms with Crippen LogP contribution in [0.4, 0.5) is 0 Å². The first-order chi connectivity index (χ1) is 7.33. The van der Waals surface area contributed by atoms with Crippen LogP contribution in [-0.2, 0) is 27.5 Å². The van der Waals surface area contributed by atoms with Crippen molar-refractivity contribution in [3.8, 4) is 6.07 Å². The molecule has 86 valence electrons. The Bertz CT molecular complexity index is 342. The van der Waals surface area contributed by atoms with Gasteiger partial charge in [0.05, 0.1) is 0 Å². The maximum atomic E-state index is 8.55. The van der Waals surface area contributed by atoms with Crippen LogP contribution in [0.3, 0.4) is 0 Å². The predicted octanol–water partition coefficient (Wildman–Crippen LogP) is 2.30. The molecule has 0 fully saturated rings. The first-order valence-electron chi connectivity index (χ1n) is 5.32. The fraction of sp³-hybridized carbons (Fsp3) is 0.385. The van der Waals surface area contributed by atoms with Crippen molar-refractivity contribution in [2.45, 2.75) is 19.8 Å². The van der Waals surface area contributed by atoms with Crippen LogP contribution in [0.25, 0.3) is 0 Å². The molecule has 0 bridgehead atoms. The minimum Gasteiger partial charge on any atom is -0.320 e. The van der Waals surface area contributed by atoms with Crippen molar-refractivity contribution in [1.82, 2.24) is 5.32 Å². The molecule has 1 N–H and O–H groups in total. The fourth-order valence-electron chi connectivity index (χ4n) is 1.50. The molecule has 1 aliphatic rings. The minimum atomic E-state index is 0. The van der Waals surface area contributed by atoms with Crippen molar-refractivity contribution in [2.24, 2.45) is 0 Å². The maximum Gasteiger partial charge on any atom is 0.0265 e.